The zero-order valence-electron chi connectivity index (χ0n) is 19.9. The lowest BCUT2D eigenvalue weighted by Crippen LogP contribution is -2.44. The van der Waals surface area contributed by atoms with Crippen molar-refractivity contribution in [2.24, 2.45) is 0 Å². The van der Waals surface area contributed by atoms with E-state index in [1.165, 1.54) is 0 Å². The molecule has 1 aliphatic carbocycles. The number of nitrogens with one attached hydrogen (secondary N) is 2. The summed E-state index contributed by atoms with van der Waals surface area (Å²) in [5, 5.41) is 6.61. The van der Waals surface area contributed by atoms with E-state index in [9.17, 15) is 19.2 Å². The molecule has 1 fully saturated rings. The van der Waals surface area contributed by atoms with Crippen molar-refractivity contribution in [3.63, 3.8) is 0 Å². The van der Waals surface area contributed by atoms with Gasteiger partial charge in [0.05, 0.1) is 19.0 Å². The first-order valence-electron chi connectivity index (χ1n) is 11.6. The van der Waals surface area contributed by atoms with Crippen LogP contribution < -0.4 is 10.6 Å². The summed E-state index contributed by atoms with van der Waals surface area (Å²) < 4.78 is 0. The van der Waals surface area contributed by atoms with Crippen LogP contribution in [0.5, 0.6) is 0 Å². The van der Waals surface area contributed by atoms with E-state index in [4.69, 9.17) is 11.6 Å². The number of hydrogen-bond donors (Lipinski definition) is 2. The summed E-state index contributed by atoms with van der Waals surface area (Å²) in [4.78, 5) is 52.6. The van der Waals surface area contributed by atoms with Gasteiger partial charge in [0, 0.05) is 42.3 Å². The third kappa shape index (κ3) is 5.89. The number of halogens is 1. The quantitative estimate of drug-likeness (QED) is 0.545. The first kappa shape index (κ1) is 24.9. The fourth-order valence-corrected chi connectivity index (χ4v) is 4.76. The third-order valence-corrected chi connectivity index (χ3v) is 6.65. The minimum atomic E-state index is -0.535. The fraction of sp³-hybridized carbons (Fsp3) is 0.385. The number of hydrogen-bond acceptors (Lipinski definition) is 6. The fourth-order valence-electron chi connectivity index (χ4n) is 4.52. The topological polar surface area (TPSA) is 98.8 Å². The molecule has 35 heavy (non-hydrogen) atoms. The van der Waals surface area contributed by atoms with Gasteiger partial charge in [-0.25, -0.2) is 0 Å². The average Bonchev–Trinajstić information content (AvgIpc) is 3.13. The Labute approximate surface area is 209 Å². The van der Waals surface area contributed by atoms with Crippen molar-refractivity contribution in [3.8, 4) is 0 Å². The maximum Gasteiger partial charge on any atom is 0.255 e. The number of fused-ring (bicyclic) bond motifs is 1. The van der Waals surface area contributed by atoms with E-state index >= 15 is 0 Å². The minimum absolute atomic E-state index is 0.0626. The van der Waals surface area contributed by atoms with Crippen molar-refractivity contribution < 1.29 is 19.2 Å². The molecule has 2 amide bonds. The van der Waals surface area contributed by atoms with Gasteiger partial charge >= 0.3 is 0 Å². The predicted molar refractivity (Wildman–Crippen MR) is 133 cm³/mol. The predicted octanol–water partition coefficient (Wildman–Crippen LogP) is 2.78. The van der Waals surface area contributed by atoms with Crippen molar-refractivity contribution >= 4 is 40.7 Å². The Kier molecular flexibility index (Phi) is 7.52. The number of nitrogens with zero attached hydrogens (tertiary/aromatic N) is 2. The average molecular weight is 497 g/mol. The highest BCUT2D eigenvalue weighted by Gasteiger charge is 2.38. The first-order chi connectivity index (χ1) is 16.7. The van der Waals surface area contributed by atoms with Gasteiger partial charge < -0.3 is 20.4 Å². The van der Waals surface area contributed by atoms with Gasteiger partial charge in [0.25, 0.3) is 5.91 Å². The summed E-state index contributed by atoms with van der Waals surface area (Å²) >= 11 is 6.33. The molecule has 8 nitrogen and oxygen atoms in total. The molecular weight excluding hydrogens is 468 g/mol. The molecule has 0 radical (unpaired) electrons. The standard InChI is InChI=1S/C26H29ClN4O4/c1-30(2)14-17-4-5-19(10-22(17)27)28-13-25(34)29-12-16-3-7-21-18(9-16)15-31(26(21)35)23-8-6-20(32)11-24(23)33/h3-5,7,9-10,23,28H,6,8,11-15H2,1-2H3,(H,29,34). The molecule has 0 spiro atoms. The van der Waals surface area contributed by atoms with Gasteiger partial charge in [0.1, 0.15) is 5.78 Å². The number of carbonyl (C=O) groups excluding carboxylic acids is 4. The minimum Gasteiger partial charge on any atom is -0.376 e. The Hall–Kier alpha value is -3.23. The van der Waals surface area contributed by atoms with E-state index in [1.807, 2.05) is 49.3 Å². The Morgan fingerprint density at radius 3 is 2.66 bits per heavy atom. The Bertz CT molecular complexity index is 1180. The molecule has 0 aromatic heterocycles. The van der Waals surface area contributed by atoms with Crippen molar-refractivity contribution in [2.75, 3.05) is 26.0 Å². The lowest BCUT2D eigenvalue weighted by molar-refractivity contribution is -0.133. The molecule has 1 unspecified atom stereocenters. The summed E-state index contributed by atoms with van der Waals surface area (Å²) in [6.07, 6.45) is 0.619. The molecule has 1 atom stereocenters. The van der Waals surface area contributed by atoms with Crippen molar-refractivity contribution in [2.45, 2.75) is 44.9 Å². The van der Waals surface area contributed by atoms with Crippen LogP contribution in [0.2, 0.25) is 5.02 Å². The van der Waals surface area contributed by atoms with Gasteiger partial charge in [0.2, 0.25) is 5.91 Å². The van der Waals surface area contributed by atoms with E-state index in [2.05, 4.69) is 10.6 Å². The number of ketones is 2. The maximum absolute atomic E-state index is 12.8. The normalized spacial score (nSPS) is 17.7. The number of Topliss-reactive ketones (excluding diaryl/α,β-unsaturated/α-hetero) is 2. The maximum atomic E-state index is 12.8. The molecule has 2 aromatic carbocycles. The Morgan fingerprint density at radius 1 is 1.14 bits per heavy atom. The van der Waals surface area contributed by atoms with Gasteiger partial charge in [-0.2, -0.15) is 0 Å². The molecule has 1 saturated carbocycles. The lowest BCUT2D eigenvalue weighted by Gasteiger charge is -2.29. The van der Waals surface area contributed by atoms with Gasteiger partial charge in [0.15, 0.2) is 5.78 Å². The van der Waals surface area contributed by atoms with E-state index < -0.39 is 6.04 Å². The third-order valence-electron chi connectivity index (χ3n) is 6.30. The Morgan fingerprint density at radius 2 is 1.94 bits per heavy atom. The van der Waals surface area contributed by atoms with E-state index in [0.717, 1.165) is 28.9 Å². The van der Waals surface area contributed by atoms with Crippen LogP contribution >= 0.6 is 11.6 Å². The van der Waals surface area contributed by atoms with Gasteiger partial charge in [-0.15, -0.1) is 0 Å². The van der Waals surface area contributed by atoms with Crippen molar-refractivity contribution in [1.82, 2.24) is 15.1 Å². The highest BCUT2D eigenvalue weighted by Crippen LogP contribution is 2.29. The molecule has 2 N–H and O–H groups in total. The molecule has 2 aliphatic rings. The van der Waals surface area contributed by atoms with Gasteiger partial charge in [-0.3, -0.25) is 19.2 Å². The highest BCUT2D eigenvalue weighted by atomic mass is 35.5. The second kappa shape index (κ2) is 10.6. The van der Waals surface area contributed by atoms with Crippen LogP contribution in [-0.2, 0) is 34.0 Å². The summed E-state index contributed by atoms with van der Waals surface area (Å²) in [6.45, 7) is 1.50. The van der Waals surface area contributed by atoms with E-state index in [0.29, 0.717) is 36.5 Å². The number of benzene rings is 2. The largest absolute Gasteiger partial charge is 0.376 e. The summed E-state index contributed by atoms with van der Waals surface area (Å²) in [5.74, 6) is -0.597. The number of amides is 2. The molecule has 184 valence electrons. The van der Waals surface area contributed by atoms with Crippen LogP contribution in [0.4, 0.5) is 5.69 Å². The number of anilines is 1. The monoisotopic (exact) mass is 496 g/mol. The van der Waals surface area contributed by atoms with Crippen LogP contribution in [0, 0.1) is 0 Å². The smallest absolute Gasteiger partial charge is 0.255 e. The van der Waals surface area contributed by atoms with Crippen LogP contribution in [0.1, 0.15) is 46.3 Å². The summed E-state index contributed by atoms with van der Waals surface area (Å²) in [5.41, 5.74) is 4.05. The molecule has 1 aliphatic heterocycles. The van der Waals surface area contributed by atoms with Crippen LogP contribution in [0.3, 0.4) is 0 Å². The second-order valence-corrected chi connectivity index (χ2v) is 9.74. The molecule has 4 rings (SSSR count). The highest BCUT2D eigenvalue weighted by molar-refractivity contribution is 6.31. The SMILES string of the molecule is CN(C)Cc1ccc(NCC(=O)NCc2ccc3c(c2)CN(C2CCC(=O)CC2=O)C3=O)cc1Cl. The summed E-state index contributed by atoms with van der Waals surface area (Å²) in [6, 6.07) is 10.6. The van der Waals surface area contributed by atoms with E-state index in [1.54, 1.807) is 11.0 Å². The lowest BCUT2D eigenvalue weighted by atomic mass is 9.92. The molecule has 0 bridgehead atoms. The second-order valence-electron chi connectivity index (χ2n) is 9.34. The van der Waals surface area contributed by atoms with Crippen LogP contribution in [0.25, 0.3) is 0 Å². The molecular formula is C26H29ClN4O4. The van der Waals surface area contributed by atoms with Crippen LogP contribution in [-0.4, -0.2) is 59.9 Å². The molecule has 1 heterocycles. The number of rotatable bonds is 8. The zero-order valence-corrected chi connectivity index (χ0v) is 20.7. The van der Waals surface area contributed by atoms with Gasteiger partial charge in [-0.05, 0) is 55.4 Å². The van der Waals surface area contributed by atoms with Crippen molar-refractivity contribution in [3.05, 3.63) is 63.7 Å². The summed E-state index contributed by atoms with van der Waals surface area (Å²) in [7, 11) is 3.95. The first-order valence-corrected chi connectivity index (χ1v) is 12.0. The molecule has 2 aromatic rings. The van der Waals surface area contributed by atoms with E-state index in [-0.39, 0.29) is 36.3 Å². The molecule has 9 heteroatoms. The van der Waals surface area contributed by atoms with Crippen molar-refractivity contribution in [1.29, 1.82) is 0 Å². The molecule has 0 saturated heterocycles. The number of carbonyl (C=O) groups is 4. The van der Waals surface area contributed by atoms with Gasteiger partial charge in [-0.1, -0.05) is 29.8 Å². The van der Waals surface area contributed by atoms with Crippen LogP contribution in [0.15, 0.2) is 36.4 Å². The zero-order chi connectivity index (χ0) is 25.1. The Balaban J connectivity index is 1.30.